The Balaban J connectivity index is 2.27. The summed E-state index contributed by atoms with van der Waals surface area (Å²) in [4.78, 5) is 66.6. The number of ether oxygens (including phenoxy) is 3. The molecule has 2 rings (SSSR count). The van der Waals surface area contributed by atoms with Gasteiger partial charge in [0, 0.05) is 12.0 Å². The Hall–Kier alpha value is -4.94. The number of nitrogens with zero attached hydrogens (tertiary/aromatic N) is 1. The molecule has 49 heavy (non-hydrogen) atoms. The van der Waals surface area contributed by atoms with E-state index < -0.39 is 59.2 Å². The maximum atomic E-state index is 13.1. The lowest BCUT2D eigenvalue weighted by atomic mass is 9.92. The summed E-state index contributed by atoms with van der Waals surface area (Å²) in [5, 5.41) is 23.1. The number of hydrogen-bond acceptors (Lipinski definition) is 9. The van der Waals surface area contributed by atoms with Crippen molar-refractivity contribution in [3.05, 3.63) is 64.2 Å². The molecule has 0 spiro atoms. The first kappa shape index (κ1) is 40.2. The van der Waals surface area contributed by atoms with Crippen LogP contribution in [0.5, 0.6) is 5.75 Å². The van der Waals surface area contributed by atoms with Gasteiger partial charge in [-0.05, 0) is 123 Å². The van der Waals surface area contributed by atoms with E-state index in [1.54, 1.807) is 80.5 Å². The fourth-order valence-electron chi connectivity index (χ4n) is 4.65. The lowest BCUT2D eigenvalue weighted by Crippen LogP contribution is -2.46. The van der Waals surface area contributed by atoms with E-state index in [1.165, 1.54) is 18.2 Å². The summed E-state index contributed by atoms with van der Waals surface area (Å²) in [5.74, 6) is -3.40. The van der Waals surface area contributed by atoms with Crippen molar-refractivity contribution in [2.45, 2.75) is 117 Å². The number of carbonyl (C=O) groups is 5. The van der Waals surface area contributed by atoms with E-state index in [0.717, 1.165) is 0 Å². The molecule has 0 fully saturated rings. The van der Waals surface area contributed by atoms with E-state index in [4.69, 9.17) is 19.9 Å². The van der Waals surface area contributed by atoms with E-state index >= 15 is 0 Å². The van der Waals surface area contributed by atoms with Crippen LogP contribution in [0.3, 0.4) is 0 Å². The Kier molecular flexibility index (Phi) is 13.5. The highest BCUT2D eigenvalue weighted by molar-refractivity contribution is 6.03. The van der Waals surface area contributed by atoms with E-state index in [9.17, 15) is 34.2 Å². The molecule has 13 heteroatoms. The van der Waals surface area contributed by atoms with Crippen molar-refractivity contribution in [3.63, 3.8) is 0 Å². The summed E-state index contributed by atoms with van der Waals surface area (Å²) in [6, 6.07) is 7.85. The number of phenols is 1. The molecule has 2 aromatic rings. The third-order valence-electron chi connectivity index (χ3n) is 6.57. The Morgan fingerprint density at radius 2 is 1.43 bits per heavy atom. The normalized spacial score (nSPS) is 12.9. The minimum atomic E-state index is -1.30. The molecule has 2 aromatic carbocycles. The van der Waals surface area contributed by atoms with Gasteiger partial charge in [0.05, 0.1) is 12.0 Å². The van der Waals surface area contributed by atoms with Gasteiger partial charge in [0.2, 0.25) is 5.91 Å². The molecule has 1 unspecified atom stereocenters. The van der Waals surface area contributed by atoms with Crippen LogP contribution in [0.1, 0.15) is 108 Å². The highest BCUT2D eigenvalue weighted by Gasteiger charge is 2.31. The van der Waals surface area contributed by atoms with Crippen molar-refractivity contribution in [2.24, 2.45) is 10.7 Å². The Labute approximate surface area is 287 Å². The predicted octanol–water partition coefficient (Wildman–Crippen LogP) is 5.01. The van der Waals surface area contributed by atoms with Gasteiger partial charge in [-0.1, -0.05) is 12.1 Å². The lowest BCUT2D eigenvalue weighted by Gasteiger charge is -2.25. The van der Waals surface area contributed by atoms with Gasteiger partial charge in [-0.3, -0.25) is 9.59 Å². The number of aryl methyl sites for hydroxylation is 2. The average molecular weight is 684 g/mol. The van der Waals surface area contributed by atoms with E-state index in [0.29, 0.717) is 22.3 Å². The zero-order valence-electron chi connectivity index (χ0n) is 29.8. The van der Waals surface area contributed by atoms with E-state index in [1.807, 2.05) is 0 Å². The number of nitrogens with one attached hydrogen (secondary N) is 1. The highest BCUT2D eigenvalue weighted by atomic mass is 16.6. The molecule has 2 amide bonds. The molecule has 0 aromatic heterocycles. The monoisotopic (exact) mass is 683 g/mol. The first-order valence-electron chi connectivity index (χ1n) is 15.9. The maximum Gasteiger partial charge on any atom is 0.436 e. The van der Waals surface area contributed by atoms with E-state index in [-0.39, 0.29) is 42.8 Å². The number of aromatic carboxylic acids is 1. The summed E-state index contributed by atoms with van der Waals surface area (Å²) in [6.45, 7) is 15.1. The van der Waals surface area contributed by atoms with Crippen LogP contribution in [-0.4, -0.2) is 68.8 Å². The first-order valence-corrected chi connectivity index (χ1v) is 15.9. The van der Waals surface area contributed by atoms with Gasteiger partial charge < -0.3 is 35.5 Å². The summed E-state index contributed by atoms with van der Waals surface area (Å²) < 4.78 is 15.9. The number of rotatable bonds is 12. The van der Waals surface area contributed by atoms with Gasteiger partial charge in [-0.2, -0.15) is 4.99 Å². The van der Waals surface area contributed by atoms with Crippen LogP contribution >= 0.6 is 0 Å². The average Bonchev–Trinajstić information content (AvgIpc) is 2.92. The molecule has 0 saturated carbocycles. The number of aromatic hydroxyl groups is 1. The minimum absolute atomic E-state index is 0.0242. The highest BCUT2D eigenvalue weighted by Crippen LogP contribution is 2.25. The third-order valence-corrected chi connectivity index (χ3v) is 6.57. The SMILES string of the molecule is CC(C)(C)OC(=O)CC(NC(=O)CCc1cccc(C(=O)O)c1CCc1cc(C(N)=NC(=O)OC(C)(C)C)ccc1O)C(=O)OC(C)(C)C. The van der Waals surface area contributed by atoms with Crippen molar-refractivity contribution >= 4 is 35.7 Å². The zero-order valence-corrected chi connectivity index (χ0v) is 29.8. The number of carboxylic acids is 1. The molecule has 0 aliphatic carbocycles. The Morgan fingerprint density at radius 3 is 2.00 bits per heavy atom. The second kappa shape index (κ2) is 16.4. The van der Waals surface area contributed by atoms with Crippen LogP contribution in [0.15, 0.2) is 41.4 Å². The summed E-state index contributed by atoms with van der Waals surface area (Å²) in [5.41, 5.74) is 5.40. The van der Waals surface area contributed by atoms with Gasteiger partial charge in [-0.25, -0.2) is 14.4 Å². The molecule has 5 N–H and O–H groups in total. The van der Waals surface area contributed by atoms with Crippen molar-refractivity contribution in [1.29, 1.82) is 0 Å². The van der Waals surface area contributed by atoms with Gasteiger partial charge in [-0.15, -0.1) is 0 Å². The number of benzene rings is 2. The van der Waals surface area contributed by atoms with Crippen LogP contribution < -0.4 is 11.1 Å². The minimum Gasteiger partial charge on any atom is -0.508 e. The van der Waals surface area contributed by atoms with Crippen molar-refractivity contribution in [3.8, 4) is 5.75 Å². The molecule has 0 aliphatic heterocycles. The molecule has 0 radical (unpaired) electrons. The summed E-state index contributed by atoms with van der Waals surface area (Å²) in [7, 11) is 0. The molecule has 13 nitrogen and oxygen atoms in total. The largest absolute Gasteiger partial charge is 0.508 e. The van der Waals surface area contributed by atoms with Crippen LogP contribution in [0.4, 0.5) is 4.79 Å². The van der Waals surface area contributed by atoms with Crippen LogP contribution in [0.2, 0.25) is 0 Å². The van der Waals surface area contributed by atoms with Gasteiger partial charge in [0.15, 0.2) is 0 Å². The van der Waals surface area contributed by atoms with Crippen molar-refractivity contribution in [2.75, 3.05) is 0 Å². The molecule has 0 heterocycles. The zero-order chi connectivity index (χ0) is 37.3. The fraction of sp³-hybridized carbons (Fsp3) is 0.500. The second-order valence-electron chi connectivity index (χ2n) is 14.5. The summed E-state index contributed by atoms with van der Waals surface area (Å²) in [6.07, 6.45) is -0.990. The quantitative estimate of drug-likeness (QED) is 0.101. The van der Waals surface area contributed by atoms with Gasteiger partial charge in [0.25, 0.3) is 0 Å². The number of amides is 2. The Morgan fingerprint density at radius 1 is 0.816 bits per heavy atom. The lowest BCUT2D eigenvalue weighted by molar-refractivity contribution is -0.165. The number of nitrogens with two attached hydrogens (primary N) is 1. The van der Waals surface area contributed by atoms with Crippen molar-refractivity contribution < 1.29 is 48.4 Å². The van der Waals surface area contributed by atoms with E-state index in [2.05, 4.69) is 10.3 Å². The van der Waals surface area contributed by atoms with Gasteiger partial charge >= 0.3 is 24.0 Å². The van der Waals surface area contributed by atoms with Crippen molar-refractivity contribution in [1.82, 2.24) is 5.32 Å². The van der Waals surface area contributed by atoms with Crippen LogP contribution in [-0.2, 0) is 47.9 Å². The van der Waals surface area contributed by atoms with Crippen LogP contribution in [0, 0.1) is 0 Å². The summed E-state index contributed by atoms with van der Waals surface area (Å²) >= 11 is 0. The molecule has 0 bridgehead atoms. The molecule has 268 valence electrons. The molecular weight excluding hydrogens is 634 g/mol. The topological polar surface area (TPSA) is 204 Å². The number of phenolic OH excluding ortho intramolecular Hbond substituents is 1. The predicted molar refractivity (Wildman–Crippen MR) is 182 cm³/mol. The van der Waals surface area contributed by atoms with Crippen LogP contribution in [0.25, 0.3) is 0 Å². The molecule has 1 atom stereocenters. The molecule has 0 aliphatic rings. The number of carbonyl (C=O) groups excluding carboxylic acids is 4. The number of carboxylic acid groups (broad SMARTS) is 1. The van der Waals surface area contributed by atoms with Gasteiger partial charge in [0.1, 0.15) is 34.4 Å². The maximum absolute atomic E-state index is 13.1. The number of hydrogen-bond donors (Lipinski definition) is 4. The fourth-order valence-corrected chi connectivity index (χ4v) is 4.65. The first-order chi connectivity index (χ1) is 22.4. The Bertz CT molecular complexity index is 1580. The number of aliphatic imine (C=N–C) groups is 1. The smallest absolute Gasteiger partial charge is 0.436 e. The molecule has 0 saturated heterocycles. The number of amidine groups is 1. The molecular formula is C36H49N3O10. The third kappa shape index (κ3) is 14.4. The number of esters is 2. The standard InChI is InChI=1S/C36H49N3O10/c1-34(2,3)47-29(42)20-26(32(45)48-35(4,5)6)38-28(41)18-15-21-11-10-12-25(31(43)44)24(21)16-13-22-19-23(14-17-27(22)40)30(37)39-33(46)49-36(7,8)9/h10-12,14,17,19,26,40H,13,15-16,18,20H2,1-9H3,(H,38,41)(H,43,44)(H2,37,39,46). The second-order valence-corrected chi connectivity index (χ2v) is 14.5.